The van der Waals surface area contributed by atoms with E-state index in [1.807, 2.05) is 13.8 Å². The molecule has 10 heteroatoms. The number of benzene rings is 2. The second-order valence-corrected chi connectivity index (χ2v) is 8.14. The van der Waals surface area contributed by atoms with E-state index >= 15 is 0 Å². The molecule has 1 aliphatic rings. The van der Waals surface area contributed by atoms with Gasteiger partial charge in [0.15, 0.2) is 16.7 Å². The smallest absolute Gasteiger partial charge is 0.262 e. The minimum atomic E-state index is -0.334. The minimum Gasteiger partial charge on any atom is -0.454 e. The van der Waals surface area contributed by atoms with Gasteiger partial charge >= 0.3 is 0 Å². The van der Waals surface area contributed by atoms with Crippen LogP contribution in [0.25, 0.3) is 22.3 Å². The zero-order chi connectivity index (χ0) is 21.5. The average Bonchev–Trinajstić information content (AvgIpc) is 3.40. The molecule has 0 bridgehead atoms. The predicted molar refractivity (Wildman–Crippen MR) is 112 cm³/mol. The Kier molecular flexibility index (Phi) is 4.85. The van der Waals surface area contributed by atoms with Gasteiger partial charge in [-0.2, -0.15) is 4.98 Å². The zero-order valence-electron chi connectivity index (χ0n) is 16.7. The van der Waals surface area contributed by atoms with Crippen LogP contribution < -0.4 is 15.0 Å². The molecule has 4 aromatic rings. The van der Waals surface area contributed by atoms with Crippen molar-refractivity contribution in [2.45, 2.75) is 30.8 Å². The van der Waals surface area contributed by atoms with Gasteiger partial charge in [-0.3, -0.25) is 9.36 Å². The maximum atomic E-state index is 13.1. The molecule has 0 N–H and O–H groups in total. The summed E-state index contributed by atoms with van der Waals surface area (Å²) < 4.78 is 30.9. The summed E-state index contributed by atoms with van der Waals surface area (Å²) in [6.45, 7) is 3.97. The van der Waals surface area contributed by atoms with Gasteiger partial charge in [-0.25, -0.2) is 9.37 Å². The van der Waals surface area contributed by atoms with Crippen LogP contribution in [0.3, 0.4) is 0 Å². The highest BCUT2D eigenvalue weighted by Crippen LogP contribution is 2.35. The quantitative estimate of drug-likeness (QED) is 0.337. The molecule has 3 heterocycles. The lowest BCUT2D eigenvalue weighted by Crippen LogP contribution is -2.25. The minimum absolute atomic E-state index is 0.102. The molecule has 158 valence electrons. The summed E-state index contributed by atoms with van der Waals surface area (Å²) in [4.78, 5) is 22.2. The van der Waals surface area contributed by atoms with Gasteiger partial charge in [0.05, 0.1) is 16.7 Å². The van der Waals surface area contributed by atoms with E-state index in [-0.39, 0.29) is 24.2 Å². The van der Waals surface area contributed by atoms with Gasteiger partial charge in [0.2, 0.25) is 18.5 Å². The van der Waals surface area contributed by atoms with Crippen LogP contribution in [-0.2, 0) is 5.75 Å². The van der Waals surface area contributed by atoms with Crippen molar-refractivity contribution in [3.63, 3.8) is 0 Å². The third-order valence-corrected chi connectivity index (χ3v) is 5.71. The molecule has 1 aliphatic heterocycles. The van der Waals surface area contributed by atoms with Gasteiger partial charge < -0.3 is 14.0 Å². The summed E-state index contributed by atoms with van der Waals surface area (Å²) in [5, 5.41) is 4.96. The Morgan fingerprint density at radius 3 is 2.61 bits per heavy atom. The lowest BCUT2D eigenvalue weighted by atomic mass is 10.2. The monoisotopic (exact) mass is 440 g/mol. The van der Waals surface area contributed by atoms with Gasteiger partial charge in [-0.1, -0.05) is 16.9 Å². The Morgan fingerprint density at radius 2 is 1.87 bits per heavy atom. The Labute approximate surface area is 180 Å². The number of hydrogen-bond donors (Lipinski definition) is 0. The topological polar surface area (TPSA) is 92.3 Å². The van der Waals surface area contributed by atoms with Crippen molar-refractivity contribution in [1.29, 1.82) is 0 Å². The summed E-state index contributed by atoms with van der Waals surface area (Å²) >= 11 is 1.33. The second kappa shape index (κ2) is 7.69. The summed E-state index contributed by atoms with van der Waals surface area (Å²) in [7, 11) is 0. The molecule has 0 saturated heterocycles. The SMILES string of the molecule is CC(C)n1c(SCc2nc(-c3ccc(F)cc3)no2)nc2cc3c(cc2c1=O)OCO3. The van der Waals surface area contributed by atoms with E-state index in [4.69, 9.17) is 14.0 Å². The number of rotatable bonds is 5. The highest BCUT2D eigenvalue weighted by Gasteiger charge is 2.20. The maximum Gasteiger partial charge on any atom is 0.262 e. The molecule has 2 aromatic heterocycles. The fraction of sp³-hybridized carbons (Fsp3) is 0.238. The number of ether oxygens (including phenoxy) is 2. The molecule has 31 heavy (non-hydrogen) atoms. The van der Waals surface area contributed by atoms with E-state index < -0.39 is 0 Å². The lowest BCUT2D eigenvalue weighted by Gasteiger charge is -2.15. The highest BCUT2D eigenvalue weighted by molar-refractivity contribution is 7.98. The zero-order valence-corrected chi connectivity index (χ0v) is 17.5. The third kappa shape index (κ3) is 3.63. The summed E-state index contributed by atoms with van der Waals surface area (Å²) in [6.07, 6.45) is 0. The number of hydrogen-bond acceptors (Lipinski definition) is 8. The second-order valence-electron chi connectivity index (χ2n) is 7.19. The molecule has 0 unspecified atom stereocenters. The van der Waals surface area contributed by atoms with Crippen LogP contribution in [0.2, 0.25) is 0 Å². The first kappa shape index (κ1) is 19.6. The van der Waals surface area contributed by atoms with Crippen molar-refractivity contribution in [2.75, 3.05) is 6.79 Å². The average molecular weight is 440 g/mol. The molecule has 0 aliphatic carbocycles. The number of nitrogens with zero attached hydrogens (tertiary/aromatic N) is 4. The van der Waals surface area contributed by atoms with Crippen molar-refractivity contribution in [2.24, 2.45) is 0 Å². The van der Waals surface area contributed by atoms with Crippen molar-refractivity contribution < 1.29 is 18.4 Å². The van der Waals surface area contributed by atoms with E-state index in [1.54, 1.807) is 28.8 Å². The fourth-order valence-corrected chi connectivity index (χ4v) is 4.25. The highest BCUT2D eigenvalue weighted by atomic mass is 32.2. The van der Waals surface area contributed by atoms with Crippen molar-refractivity contribution in [3.05, 3.63) is 58.5 Å². The van der Waals surface area contributed by atoms with E-state index in [0.717, 1.165) is 0 Å². The van der Waals surface area contributed by atoms with Crippen LogP contribution in [0.15, 0.2) is 50.9 Å². The maximum absolute atomic E-state index is 13.1. The Hall–Kier alpha value is -3.40. The van der Waals surface area contributed by atoms with Crippen LogP contribution >= 0.6 is 11.8 Å². The Morgan fingerprint density at radius 1 is 1.13 bits per heavy atom. The van der Waals surface area contributed by atoms with E-state index in [0.29, 0.717) is 50.6 Å². The van der Waals surface area contributed by atoms with Crippen molar-refractivity contribution in [3.8, 4) is 22.9 Å². The first-order valence-corrected chi connectivity index (χ1v) is 10.6. The third-order valence-electron chi connectivity index (χ3n) is 4.77. The Balaban J connectivity index is 1.46. The fourth-order valence-electron chi connectivity index (χ4n) is 3.28. The normalized spacial score (nSPS) is 12.8. The number of fused-ring (bicyclic) bond motifs is 2. The van der Waals surface area contributed by atoms with Gasteiger partial charge in [0.1, 0.15) is 5.82 Å². The van der Waals surface area contributed by atoms with Crippen LogP contribution in [0.4, 0.5) is 4.39 Å². The van der Waals surface area contributed by atoms with Crippen LogP contribution in [0.5, 0.6) is 11.5 Å². The van der Waals surface area contributed by atoms with Crippen molar-refractivity contribution >= 4 is 22.7 Å². The van der Waals surface area contributed by atoms with Gasteiger partial charge in [-0.05, 0) is 44.2 Å². The largest absolute Gasteiger partial charge is 0.454 e. The summed E-state index contributed by atoms with van der Waals surface area (Å²) in [6, 6.07) is 9.14. The first-order valence-electron chi connectivity index (χ1n) is 9.57. The first-order chi connectivity index (χ1) is 15.0. The lowest BCUT2D eigenvalue weighted by molar-refractivity contribution is 0.174. The molecule has 5 rings (SSSR count). The molecule has 0 amide bonds. The molecule has 0 spiro atoms. The number of halogens is 1. The van der Waals surface area contributed by atoms with E-state index in [1.165, 1.54) is 23.9 Å². The summed E-state index contributed by atoms with van der Waals surface area (Å²) in [5.41, 5.74) is 1.03. The van der Waals surface area contributed by atoms with Crippen LogP contribution in [0, 0.1) is 5.82 Å². The van der Waals surface area contributed by atoms with Gasteiger partial charge in [0.25, 0.3) is 5.56 Å². The number of aromatic nitrogens is 4. The van der Waals surface area contributed by atoms with Crippen LogP contribution in [-0.4, -0.2) is 26.5 Å². The van der Waals surface area contributed by atoms with Crippen LogP contribution in [0.1, 0.15) is 25.8 Å². The van der Waals surface area contributed by atoms with E-state index in [2.05, 4.69) is 15.1 Å². The molecular weight excluding hydrogens is 423 g/mol. The van der Waals surface area contributed by atoms with Gasteiger partial charge in [-0.15, -0.1) is 0 Å². The molecule has 0 fully saturated rings. The standard InChI is InChI=1S/C21H17FN4O4S/c1-11(2)26-20(27)14-7-16-17(29-10-28-16)8-15(14)23-21(26)31-9-18-24-19(25-30-18)12-3-5-13(22)6-4-12/h3-8,11H,9-10H2,1-2H3. The molecule has 0 radical (unpaired) electrons. The van der Waals surface area contributed by atoms with Gasteiger partial charge in [0, 0.05) is 17.7 Å². The molecule has 2 aromatic carbocycles. The predicted octanol–water partition coefficient (Wildman–Crippen LogP) is 4.19. The molecule has 0 saturated carbocycles. The molecule has 0 atom stereocenters. The summed E-state index contributed by atoms with van der Waals surface area (Å²) in [5.74, 6) is 1.85. The van der Waals surface area contributed by atoms with E-state index in [9.17, 15) is 9.18 Å². The Bertz CT molecular complexity index is 1330. The molecule has 8 nitrogen and oxygen atoms in total. The molecular formula is C21H17FN4O4S. The van der Waals surface area contributed by atoms with Crippen molar-refractivity contribution in [1.82, 2.24) is 19.7 Å². The number of thioether (sulfide) groups is 1.